The van der Waals surface area contributed by atoms with Gasteiger partial charge in [-0.15, -0.1) is 0 Å². The minimum Gasteiger partial charge on any atom is -0.428 e. The molecule has 1 fully saturated rings. The summed E-state index contributed by atoms with van der Waals surface area (Å²) in [5.41, 5.74) is 0.461. The fourth-order valence-electron chi connectivity index (χ4n) is 2.55. The van der Waals surface area contributed by atoms with E-state index in [1.54, 1.807) is 6.92 Å². The number of carbonyl (C=O) groups excluding carboxylic acids is 1. The predicted molar refractivity (Wildman–Crippen MR) is 62.7 cm³/mol. The summed E-state index contributed by atoms with van der Waals surface area (Å²) < 4.78 is 5.31. The summed E-state index contributed by atoms with van der Waals surface area (Å²) in [6.45, 7) is 6.42. The third-order valence-electron chi connectivity index (χ3n) is 3.59. The molecule has 0 N–H and O–H groups in total. The largest absolute Gasteiger partial charge is 0.428 e. The Bertz CT molecular complexity index is 346. The van der Waals surface area contributed by atoms with Gasteiger partial charge in [-0.3, -0.25) is 0 Å². The lowest BCUT2D eigenvalue weighted by Crippen LogP contribution is -2.32. The van der Waals surface area contributed by atoms with E-state index in [9.17, 15) is 4.79 Å². The Morgan fingerprint density at radius 1 is 1.62 bits per heavy atom. The zero-order valence-corrected chi connectivity index (χ0v) is 10.0. The molecule has 1 aliphatic carbocycles. The third-order valence-corrected chi connectivity index (χ3v) is 3.59. The molecule has 0 radical (unpaired) electrons. The number of fused-ring (bicyclic) bond motifs is 1. The Hall–Kier alpha value is -1.09. The average molecular weight is 221 g/mol. The van der Waals surface area contributed by atoms with E-state index in [0.717, 1.165) is 31.1 Å². The van der Waals surface area contributed by atoms with Crippen LogP contribution in [0.4, 0.5) is 0 Å². The quantitative estimate of drug-likeness (QED) is 0.528. The molecule has 1 aliphatic heterocycles. The SMILES string of the molecule is C=C(C)C(=O)OC1=CCC2CCN(C)C2C1. The van der Waals surface area contributed by atoms with Crippen molar-refractivity contribution in [1.82, 2.24) is 4.90 Å². The van der Waals surface area contributed by atoms with Crippen molar-refractivity contribution in [2.45, 2.75) is 32.2 Å². The smallest absolute Gasteiger partial charge is 0.338 e. The standard InChI is InChI=1S/C13H19NO2/c1-9(2)13(15)16-11-5-4-10-6-7-14(3)12(10)8-11/h5,10,12H,1,4,6-8H2,2-3H3. The highest BCUT2D eigenvalue weighted by Crippen LogP contribution is 2.35. The zero-order chi connectivity index (χ0) is 11.7. The van der Waals surface area contributed by atoms with Crippen LogP contribution < -0.4 is 0 Å². The van der Waals surface area contributed by atoms with E-state index in [1.165, 1.54) is 6.42 Å². The molecule has 0 spiro atoms. The van der Waals surface area contributed by atoms with Crippen LogP contribution in [-0.2, 0) is 9.53 Å². The number of esters is 1. The molecule has 0 amide bonds. The first kappa shape index (κ1) is 11.4. The molecule has 0 aromatic carbocycles. The topological polar surface area (TPSA) is 29.5 Å². The van der Waals surface area contributed by atoms with Gasteiger partial charge in [-0.05, 0) is 45.4 Å². The lowest BCUT2D eigenvalue weighted by Gasteiger charge is -2.28. The molecule has 2 atom stereocenters. The van der Waals surface area contributed by atoms with E-state index in [0.29, 0.717) is 11.6 Å². The Kier molecular flexibility index (Phi) is 3.15. The number of nitrogens with zero attached hydrogens (tertiary/aromatic N) is 1. The molecule has 3 heteroatoms. The zero-order valence-electron chi connectivity index (χ0n) is 10.0. The van der Waals surface area contributed by atoms with E-state index >= 15 is 0 Å². The van der Waals surface area contributed by atoms with Crippen molar-refractivity contribution < 1.29 is 9.53 Å². The molecule has 2 rings (SSSR count). The Morgan fingerprint density at radius 3 is 3.06 bits per heavy atom. The molecule has 1 saturated heterocycles. The second kappa shape index (κ2) is 4.42. The van der Waals surface area contributed by atoms with E-state index in [-0.39, 0.29) is 5.97 Å². The number of ether oxygens (including phenoxy) is 1. The van der Waals surface area contributed by atoms with Crippen LogP contribution in [-0.4, -0.2) is 30.5 Å². The molecule has 2 aliphatic rings. The maximum Gasteiger partial charge on any atom is 0.338 e. The van der Waals surface area contributed by atoms with Crippen molar-refractivity contribution in [3.8, 4) is 0 Å². The van der Waals surface area contributed by atoms with Crippen LogP contribution in [0, 0.1) is 5.92 Å². The first-order valence-corrected chi connectivity index (χ1v) is 5.85. The summed E-state index contributed by atoms with van der Waals surface area (Å²) in [4.78, 5) is 13.8. The number of rotatable bonds is 2. The monoisotopic (exact) mass is 221 g/mol. The van der Waals surface area contributed by atoms with Crippen molar-refractivity contribution in [2.24, 2.45) is 5.92 Å². The molecule has 0 aromatic heterocycles. The highest BCUT2D eigenvalue weighted by atomic mass is 16.5. The molecular weight excluding hydrogens is 202 g/mol. The van der Waals surface area contributed by atoms with Gasteiger partial charge >= 0.3 is 5.97 Å². The van der Waals surface area contributed by atoms with Gasteiger partial charge in [0.05, 0.1) is 0 Å². The second-order valence-electron chi connectivity index (χ2n) is 4.88. The molecule has 0 aromatic rings. The molecule has 3 nitrogen and oxygen atoms in total. The number of carbonyl (C=O) groups is 1. The van der Waals surface area contributed by atoms with Crippen LogP contribution >= 0.6 is 0 Å². The highest BCUT2D eigenvalue weighted by Gasteiger charge is 2.35. The van der Waals surface area contributed by atoms with Crippen molar-refractivity contribution in [2.75, 3.05) is 13.6 Å². The van der Waals surface area contributed by atoms with Crippen molar-refractivity contribution in [3.63, 3.8) is 0 Å². The molecule has 88 valence electrons. The summed E-state index contributed by atoms with van der Waals surface area (Å²) in [7, 11) is 2.15. The van der Waals surface area contributed by atoms with Gasteiger partial charge in [0.25, 0.3) is 0 Å². The van der Waals surface area contributed by atoms with Crippen LogP contribution in [0.3, 0.4) is 0 Å². The van der Waals surface area contributed by atoms with E-state index in [2.05, 4.69) is 24.6 Å². The van der Waals surface area contributed by atoms with Crippen LogP contribution in [0.1, 0.15) is 26.2 Å². The first-order chi connectivity index (χ1) is 7.58. The predicted octanol–water partition coefficient (Wildman–Crippen LogP) is 2.10. The van der Waals surface area contributed by atoms with Crippen molar-refractivity contribution >= 4 is 5.97 Å². The molecule has 16 heavy (non-hydrogen) atoms. The van der Waals surface area contributed by atoms with Crippen LogP contribution in [0.2, 0.25) is 0 Å². The van der Waals surface area contributed by atoms with Crippen LogP contribution in [0.25, 0.3) is 0 Å². The van der Waals surface area contributed by atoms with Gasteiger partial charge in [0, 0.05) is 18.0 Å². The molecule has 0 bridgehead atoms. The summed E-state index contributed by atoms with van der Waals surface area (Å²) in [6, 6.07) is 0.554. The van der Waals surface area contributed by atoms with Crippen LogP contribution in [0.5, 0.6) is 0 Å². The minimum absolute atomic E-state index is 0.301. The Labute approximate surface area is 96.8 Å². The van der Waals surface area contributed by atoms with Gasteiger partial charge in [0.1, 0.15) is 5.76 Å². The van der Waals surface area contributed by atoms with E-state index in [4.69, 9.17) is 4.74 Å². The number of hydrogen-bond acceptors (Lipinski definition) is 3. The molecule has 2 unspecified atom stereocenters. The maximum atomic E-state index is 11.4. The van der Waals surface area contributed by atoms with Crippen molar-refractivity contribution in [3.05, 3.63) is 24.0 Å². The summed E-state index contributed by atoms with van der Waals surface area (Å²) in [6.07, 6.45) is 5.23. The summed E-state index contributed by atoms with van der Waals surface area (Å²) in [5, 5.41) is 0. The normalized spacial score (nSPS) is 29.5. The van der Waals surface area contributed by atoms with Gasteiger partial charge in [-0.25, -0.2) is 4.79 Å². The third kappa shape index (κ3) is 2.19. The molecule has 0 saturated carbocycles. The lowest BCUT2D eigenvalue weighted by atomic mass is 9.89. The summed E-state index contributed by atoms with van der Waals surface area (Å²) >= 11 is 0. The van der Waals surface area contributed by atoms with Crippen LogP contribution in [0.15, 0.2) is 24.0 Å². The number of likely N-dealkylation sites (tertiary alicyclic amines) is 1. The molecule has 1 heterocycles. The number of hydrogen-bond donors (Lipinski definition) is 0. The Balaban J connectivity index is 1.98. The average Bonchev–Trinajstić information content (AvgIpc) is 2.60. The van der Waals surface area contributed by atoms with Crippen molar-refractivity contribution in [1.29, 1.82) is 0 Å². The maximum absolute atomic E-state index is 11.4. The highest BCUT2D eigenvalue weighted by molar-refractivity contribution is 5.87. The Morgan fingerprint density at radius 2 is 2.38 bits per heavy atom. The minimum atomic E-state index is -0.301. The number of allylic oxidation sites excluding steroid dienone is 1. The fraction of sp³-hybridized carbons (Fsp3) is 0.615. The lowest BCUT2D eigenvalue weighted by molar-refractivity contribution is -0.135. The van der Waals surface area contributed by atoms with Gasteiger partial charge in [-0.1, -0.05) is 6.58 Å². The second-order valence-corrected chi connectivity index (χ2v) is 4.88. The van der Waals surface area contributed by atoms with Gasteiger partial charge in [0.2, 0.25) is 0 Å². The van der Waals surface area contributed by atoms with E-state index < -0.39 is 0 Å². The molecular formula is C13H19NO2. The first-order valence-electron chi connectivity index (χ1n) is 5.85. The van der Waals surface area contributed by atoms with Gasteiger partial charge < -0.3 is 9.64 Å². The fourth-order valence-corrected chi connectivity index (χ4v) is 2.55. The summed E-state index contributed by atoms with van der Waals surface area (Å²) in [5.74, 6) is 1.27. The van der Waals surface area contributed by atoms with Gasteiger partial charge in [-0.2, -0.15) is 0 Å². The van der Waals surface area contributed by atoms with Gasteiger partial charge in [0.15, 0.2) is 0 Å². The van der Waals surface area contributed by atoms with E-state index in [1.807, 2.05) is 0 Å².